The van der Waals surface area contributed by atoms with Crippen molar-refractivity contribution in [1.82, 2.24) is 4.90 Å². The average molecular weight is 242 g/mol. The number of rotatable bonds is 1. The Kier molecular flexibility index (Phi) is 3.97. The zero-order valence-corrected chi connectivity index (χ0v) is 10.6. The Balaban J connectivity index is 2.68. The summed E-state index contributed by atoms with van der Waals surface area (Å²) in [5.41, 5.74) is -1.62. The molecule has 0 bridgehead atoms. The van der Waals surface area contributed by atoms with E-state index in [-0.39, 0.29) is 6.54 Å². The number of nitriles is 1. The first-order valence-corrected chi connectivity index (χ1v) is 5.77. The first-order chi connectivity index (χ1) is 7.82. The molecule has 1 amide bonds. The van der Waals surface area contributed by atoms with Gasteiger partial charge in [0, 0.05) is 13.1 Å². The van der Waals surface area contributed by atoms with Gasteiger partial charge in [-0.3, -0.25) is 0 Å². The van der Waals surface area contributed by atoms with Crippen molar-refractivity contribution < 1.29 is 13.9 Å². The summed E-state index contributed by atoms with van der Waals surface area (Å²) in [5.74, 6) is 0. The highest BCUT2D eigenvalue weighted by Crippen LogP contribution is 2.30. The summed E-state index contributed by atoms with van der Waals surface area (Å²) in [7, 11) is 0. The van der Waals surface area contributed by atoms with E-state index in [1.54, 1.807) is 20.8 Å². The van der Waals surface area contributed by atoms with Gasteiger partial charge >= 0.3 is 6.09 Å². The van der Waals surface area contributed by atoms with Gasteiger partial charge in [0.1, 0.15) is 17.7 Å². The van der Waals surface area contributed by atoms with E-state index in [0.717, 1.165) is 0 Å². The molecule has 1 heterocycles. The van der Waals surface area contributed by atoms with Crippen LogP contribution in [0, 0.1) is 16.7 Å². The van der Waals surface area contributed by atoms with Crippen molar-refractivity contribution in [3.8, 4) is 6.07 Å². The SMILES string of the molecule is CC(C)(C)OC(=O)N1CCCC(C#N)(CF)C1. The molecule has 0 aromatic carbocycles. The molecule has 0 aliphatic carbocycles. The van der Waals surface area contributed by atoms with Crippen molar-refractivity contribution in [2.24, 2.45) is 5.41 Å². The van der Waals surface area contributed by atoms with Crippen LogP contribution in [-0.4, -0.2) is 36.4 Å². The van der Waals surface area contributed by atoms with Gasteiger partial charge in [0.05, 0.1) is 6.07 Å². The third-order valence-corrected chi connectivity index (χ3v) is 2.72. The van der Waals surface area contributed by atoms with Crippen molar-refractivity contribution in [3.05, 3.63) is 0 Å². The van der Waals surface area contributed by atoms with Crippen LogP contribution < -0.4 is 0 Å². The highest BCUT2D eigenvalue weighted by molar-refractivity contribution is 5.68. The maximum atomic E-state index is 12.9. The van der Waals surface area contributed by atoms with E-state index in [4.69, 9.17) is 10.00 Å². The lowest BCUT2D eigenvalue weighted by molar-refractivity contribution is 0.00872. The Labute approximate surface area is 101 Å². The quantitative estimate of drug-likeness (QED) is 0.709. The molecule has 1 atom stereocenters. The van der Waals surface area contributed by atoms with Gasteiger partial charge in [-0.05, 0) is 33.6 Å². The predicted octanol–water partition coefficient (Wildman–Crippen LogP) is 2.50. The largest absolute Gasteiger partial charge is 0.444 e. The third-order valence-electron chi connectivity index (χ3n) is 2.72. The van der Waals surface area contributed by atoms with Crippen LogP contribution in [-0.2, 0) is 4.74 Å². The topological polar surface area (TPSA) is 53.3 Å². The number of likely N-dealkylation sites (tertiary alicyclic amines) is 1. The van der Waals surface area contributed by atoms with Crippen LogP contribution >= 0.6 is 0 Å². The Bertz CT molecular complexity index is 332. The smallest absolute Gasteiger partial charge is 0.410 e. The molecule has 0 aromatic heterocycles. The van der Waals surface area contributed by atoms with Crippen molar-refractivity contribution in [2.45, 2.75) is 39.2 Å². The summed E-state index contributed by atoms with van der Waals surface area (Å²) in [4.78, 5) is 13.2. The molecule has 0 N–H and O–H groups in total. The predicted molar refractivity (Wildman–Crippen MR) is 61.1 cm³/mol. The second kappa shape index (κ2) is 4.91. The molecule has 1 saturated heterocycles. The van der Waals surface area contributed by atoms with Crippen LogP contribution in [0.1, 0.15) is 33.6 Å². The summed E-state index contributed by atoms with van der Waals surface area (Å²) in [6.07, 6.45) is 0.668. The van der Waals surface area contributed by atoms with E-state index >= 15 is 0 Å². The zero-order valence-electron chi connectivity index (χ0n) is 10.6. The van der Waals surface area contributed by atoms with Crippen LogP contribution in [0.15, 0.2) is 0 Å². The maximum Gasteiger partial charge on any atom is 0.410 e. The number of piperidine rings is 1. The van der Waals surface area contributed by atoms with Gasteiger partial charge in [-0.1, -0.05) is 0 Å². The van der Waals surface area contributed by atoms with E-state index in [0.29, 0.717) is 19.4 Å². The van der Waals surface area contributed by atoms with Gasteiger partial charge in [0.2, 0.25) is 0 Å². The van der Waals surface area contributed by atoms with Gasteiger partial charge in [-0.25, -0.2) is 9.18 Å². The van der Waals surface area contributed by atoms with Gasteiger partial charge in [0.15, 0.2) is 0 Å². The molecule has 17 heavy (non-hydrogen) atoms. The van der Waals surface area contributed by atoms with E-state index in [1.165, 1.54) is 4.90 Å². The lowest BCUT2D eigenvalue weighted by atomic mass is 9.83. The number of amides is 1. The van der Waals surface area contributed by atoms with E-state index in [9.17, 15) is 9.18 Å². The number of carbonyl (C=O) groups is 1. The second-order valence-electron chi connectivity index (χ2n) is 5.53. The fourth-order valence-corrected chi connectivity index (χ4v) is 1.84. The molecule has 0 spiro atoms. The monoisotopic (exact) mass is 242 g/mol. The highest BCUT2D eigenvalue weighted by Gasteiger charge is 2.38. The molecule has 0 aromatic rings. The Hall–Kier alpha value is -1.31. The van der Waals surface area contributed by atoms with Crippen molar-refractivity contribution in [3.63, 3.8) is 0 Å². The minimum absolute atomic E-state index is 0.120. The standard InChI is InChI=1S/C12H19FN2O2/c1-11(2,3)17-10(16)15-6-4-5-12(7-13,8-14)9-15/h4-7,9H2,1-3H3. The molecular weight excluding hydrogens is 223 g/mol. The van der Waals surface area contributed by atoms with Crippen molar-refractivity contribution >= 4 is 6.09 Å². The number of halogens is 1. The normalized spacial score (nSPS) is 25.2. The molecule has 0 radical (unpaired) electrons. The lowest BCUT2D eigenvalue weighted by Crippen LogP contribution is -2.48. The molecule has 1 fully saturated rings. The minimum atomic E-state index is -1.05. The molecule has 4 nitrogen and oxygen atoms in total. The first-order valence-electron chi connectivity index (χ1n) is 5.77. The average Bonchev–Trinajstić information content (AvgIpc) is 2.27. The molecule has 1 rings (SSSR count). The Morgan fingerprint density at radius 3 is 2.71 bits per heavy atom. The van der Waals surface area contributed by atoms with Crippen LogP contribution in [0.25, 0.3) is 0 Å². The van der Waals surface area contributed by atoms with Gasteiger partial charge in [-0.2, -0.15) is 5.26 Å². The summed E-state index contributed by atoms with van der Waals surface area (Å²) >= 11 is 0. The molecule has 1 unspecified atom stereocenters. The maximum absolute atomic E-state index is 12.9. The van der Waals surface area contributed by atoms with Crippen LogP contribution in [0.2, 0.25) is 0 Å². The van der Waals surface area contributed by atoms with Gasteiger partial charge in [0.25, 0.3) is 0 Å². The van der Waals surface area contributed by atoms with E-state index < -0.39 is 23.8 Å². The minimum Gasteiger partial charge on any atom is -0.444 e. The molecule has 1 aliphatic rings. The van der Waals surface area contributed by atoms with Gasteiger partial charge < -0.3 is 9.64 Å². The van der Waals surface area contributed by atoms with E-state index in [1.807, 2.05) is 6.07 Å². The molecule has 1 aliphatic heterocycles. The van der Waals surface area contributed by atoms with Crippen molar-refractivity contribution in [1.29, 1.82) is 5.26 Å². The van der Waals surface area contributed by atoms with Crippen LogP contribution in [0.3, 0.4) is 0 Å². The molecule has 5 heteroatoms. The second-order valence-corrected chi connectivity index (χ2v) is 5.53. The molecule has 0 saturated carbocycles. The van der Waals surface area contributed by atoms with Crippen molar-refractivity contribution in [2.75, 3.05) is 19.8 Å². The Morgan fingerprint density at radius 2 is 2.24 bits per heavy atom. The lowest BCUT2D eigenvalue weighted by Gasteiger charge is -2.37. The third kappa shape index (κ3) is 3.58. The first kappa shape index (κ1) is 13.8. The molecular formula is C12H19FN2O2. The zero-order chi connectivity index (χ0) is 13.1. The fraction of sp³-hybridized carbons (Fsp3) is 0.833. The summed E-state index contributed by atoms with van der Waals surface area (Å²) in [6, 6.07) is 1.99. The summed E-state index contributed by atoms with van der Waals surface area (Å²) in [6.45, 7) is 5.26. The number of carbonyl (C=O) groups excluding carboxylic acids is 1. The number of hydrogen-bond acceptors (Lipinski definition) is 3. The number of hydrogen-bond donors (Lipinski definition) is 0. The number of alkyl halides is 1. The molecule has 96 valence electrons. The fourth-order valence-electron chi connectivity index (χ4n) is 1.84. The van der Waals surface area contributed by atoms with Crippen LogP contribution in [0.4, 0.5) is 9.18 Å². The highest BCUT2D eigenvalue weighted by atomic mass is 19.1. The summed E-state index contributed by atoms with van der Waals surface area (Å²) < 4.78 is 18.1. The Morgan fingerprint density at radius 1 is 1.59 bits per heavy atom. The van der Waals surface area contributed by atoms with Crippen LogP contribution in [0.5, 0.6) is 0 Å². The van der Waals surface area contributed by atoms with E-state index in [2.05, 4.69) is 0 Å². The van der Waals surface area contributed by atoms with Gasteiger partial charge in [-0.15, -0.1) is 0 Å². The summed E-state index contributed by atoms with van der Waals surface area (Å²) in [5, 5.41) is 9.00. The number of ether oxygens (including phenoxy) is 1. The number of nitrogens with zero attached hydrogens (tertiary/aromatic N) is 2.